The first-order valence-electron chi connectivity index (χ1n) is 7.10. The molecule has 1 heterocycles. The van der Waals surface area contributed by atoms with Gasteiger partial charge in [0.1, 0.15) is 23.9 Å². The number of nitrogens with zero attached hydrogens (tertiary/aromatic N) is 1. The number of benzene rings is 2. The van der Waals surface area contributed by atoms with Crippen molar-refractivity contribution < 1.29 is 19.4 Å². The minimum atomic E-state index is -0.385. The molecular formula is C18H15NO4. The smallest absolute Gasteiger partial charge is 0.303 e. The molecule has 5 heteroatoms. The van der Waals surface area contributed by atoms with E-state index >= 15 is 0 Å². The van der Waals surface area contributed by atoms with E-state index in [0.29, 0.717) is 28.0 Å². The molecule has 0 aliphatic carbocycles. The van der Waals surface area contributed by atoms with Gasteiger partial charge < -0.3 is 14.6 Å². The van der Waals surface area contributed by atoms with Crippen LogP contribution in [0, 0.1) is 0 Å². The van der Waals surface area contributed by atoms with Crippen molar-refractivity contribution in [2.45, 2.75) is 13.5 Å². The summed E-state index contributed by atoms with van der Waals surface area (Å²) in [6.07, 6.45) is 1.35. The third-order valence-corrected chi connectivity index (χ3v) is 3.31. The van der Waals surface area contributed by atoms with Crippen LogP contribution < -0.4 is 4.74 Å². The Morgan fingerprint density at radius 1 is 1.09 bits per heavy atom. The van der Waals surface area contributed by atoms with Gasteiger partial charge >= 0.3 is 5.97 Å². The summed E-state index contributed by atoms with van der Waals surface area (Å²) in [4.78, 5) is 15.1. The number of ether oxygens (including phenoxy) is 2. The molecule has 3 rings (SSSR count). The molecule has 0 atom stereocenters. The van der Waals surface area contributed by atoms with Crippen LogP contribution in [0.5, 0.6) is 17.2 Å². The maximum absolute atomic E-state index is 11.0. The van der Waals surface area contributed by atoms with Gasteiger partial charge in [0.2, 0.25) is 0 Å². The molecule has 0 unspecified atom stereocenters. The van der Waals surface area contributed by atoms with Gasteiger partial charge in [-0.15, -0.1) is 0 Å². The Kier molecular flexibility index (Phi) is 4.10. The zero-order valence-corrected chi connectivity index (χ0v) is 12.5. The number of carbonyl (C=O) groups is 1. The van der Waals surface area contributed by atoms with Gasteiger partial charge in [0, 0.05) is 17.7 Å². The van der Waals surface area contributed by atoms with Crippen LogP contribution in [0.15, 0.2) is 54.7 Å². The minimum absolute atomic E-state index is 0.0426. The highest BCUT2D eigenvalue weighted by Gasteiger charge is 2.10. The lowest BCUT2D eigenvalue weighted by Crippen LogP contribution is -2.01. The fourth-order valence-corrected chi connectivity index (χ4v) is 2.24. The van der Waals surface area contributed by atoms with Crippen molar-refractivity contribution in [1.82, 2.24) is 4.98 Å². The summed E-state index contributed by atoms with van der Waals surface area (Å²) in [6, 6.07) is 14.7. The number of hydrogen-bond acceptors (Lipinski definition) is 5. The molecule has 2 aromatic carbocycles. The highest BCUT2D eigenvalue weighted by atomic mass is 16.5. The van der Waals surface area contributed by atoms with Gasteiger partial charge in [-0.25, -0.2) is 0 Å². The average Bonchev–Trinajstić information content (AvgIpc) is 2.55. The second kappa shape index (κ2) is 6.36. The zero-order chi connectivity index (χ0) is 16.2. The number of hydrogen-bond donors (Lipinski definition) is 1. The number of esters is 1. The van der Waals surface area contributed by atoms with Crippen LogP contribution in [0.2, 0.25) is 0 Å². The molecule has 0 fully saturated rings. The second-order valence-electron chi connectivity index (χ2n) is 4.99. The van der Waals surface area contributed by atoms with E-state index in [1.165, 1.54) is 13.1 Å². The van der Waals surface area contributed by atoms with E-state index in [1.54, 1.807) is 18.2 Å². The minimum Gasteiger partial charge on any atom is -0.506 e. The lowest BCUT2D eigenvalue weighted by Gasteiger charge is -2.10. The van der Waals surface area contributed by atoms with Crippen LogP contribution >= 0.6 is 0 Å². The van der Waals surface area contributed by atoms with Crippen molar-refractivity contribution in [3.63, 3.8) is 0 Å². The summed E-state index contributed by atoms with van der Waals surface area (Å²) in [6.45, 7) is 1.38. The normalized spacial score (nSPS) is 10.5. The molecule has 3 aromatic rings. The van der Waals surface area contributed by atoms with Gasteiger partial charge in [-0.3, -0.25) is 9.78 Å². The maximum Gasteiger partial charge on any atom is 0.303 e. The van der Waals surface area contributed by atoms with Crippen molar-refractivity contribution in [3.05, 3.63) is 60.4 Å². The Balaban J connectivity index is 1.99. The summed E-state index contributed by atoms with van der Waals surface area (Å²) in [7, 11) is 0. The topological polar surface area (TPSA) is 68.7 Å². The van der Waals surface area contributed by atoms with Crippen molar-refractivity contribution in [3.8, 4) is 17.2 Å². The molecule has 23 heavy (non-hydrogen) atoms. The highest BCUT2D eigenvalue weighted by molar-refractivity contribution is 5.90. The fourth-order valence-electron chi connectivity index (χ4n) is 2.24. The number of aromatic hydroxyl groups is 1. The van der Waals surface area contributed by atoms with E-state index in [2.05, 4.69) is 4.98 Å². The van der Waals surface area contributed by atoms with E-state index in [0.717, 1.165) is 0 Å². The molecule has 0 spiro atoms. The fraction of sp³-hybridized carbons (Fsp3) is 0.111. The third-order valence-electron chi connectivity index (χ3n) is 3.31. The van der Waals surface area contributed by atoms with E-state index in [4.69, 9.17) is 9.47 Å². The number of pyridine rings is 1. The Morgan fingerprint density at radius 2 is 1.87 bits per heavy atom. The predicted octanol–water partition coefficient (Wildman–Crippen LogP) is 3.80. The van der Waals surface area contributed by atoms with Crippen molar-refractivity contribution in [2.24, 2.45) is 0 Å². The van der Waals surface area contributed by atoms with Crippen molar-refractivity contribution >= 4 is 16.7 Å². The maximum atomic E-state index is 11.0. The van der Waals surface area contributed by atoms with Crippen LogP contribution in [0.4, 0.5) is 0 Å². The molecule has 0 aliphatic rings. The van der Waals surface area contributed by atoms with Crippen molar-refractivity contribution in [2.75, 3.05) is 0 Å². The molecule has 116 valence electrons. The van der Waals surface area contributed by atoms with Gasteiger partial charge in [0.25, 0.3) is 0 Å². The van der Waals surface area contributed by atoms with Gasteiger partial charge in [0.05, 0.1) is 11.9 Å². The zero-order valence-electron chi connectivity index (χ0n) is 12.5. The summed E-state index contributed by atoms with van der Waals surface area (Å²) in [5.74, 6) is 1.00. The largest absolute Gasteiger partial charge is 0.506 e. The quantitative estimate of drug-likeness (QED) is 0.742. The van der Waals surface area contributed by atoms with Crippen LogP contribution in [-0.2, 0) is 16.1 Å². The van der Waals surface area contributed by atoms with Crippen molar-refractivity contribution in [1.29, 1.82) is 0 Å². The molecule has 0 bridgehead atoms. The Hall–Kier alpha value is -3.08. The lowest BCUT2D eigenvalue weighted by atomic mass is 10.1. The van der Waals surface area contributed by atoms with Crippen LogP contribution in [0.1, 0.15) is 12.6 Å². The van der Waals surface area contributed by atoms with Crippen LogP contribution in [-0.4, -0.2) is 16.1 Å². The van der Waals surface area contributed by atoms with Gasteiger partial charge in [-0.05, 0) is 30.3 Å². The Bertz CT molecular complexity index is 846. The Labute approximate surface area is 133 Å². The number of carbonyl (C=O) groups excluding carboxylic acids is 1. The monoisotopic (exact) mass is 309 g/mol. The molecule has 0 aliphatic heterocycles. The molecule has 0 saturated carbocycles. The number of aromatic nitrogens is 1. The van der Waals surface area contributed by atoms with E-state index < -0.39 is 0 Å². The Morgan fingerprint density at radius 3 is 2.61 bits per heavy atom. The second-order valence-corrected chi connectivity index (χ2v) is 4.99. The molecule has 0 amide bonds. The van der Waals surface area contributed by atoms with E-state index in [1.807, 2.05) is 30.3 Å². The average molecular weight is 309 g/mol. The van der Waals surface area contributed by atoms with Gasteiger partial charge in [-0.2, -0.15) is 0 Å². The van der Waals surface area contributed by atoms with E-state index in [9.17, 15) is 9.90 Å². The first-order valence-corrected chi connectivity index (χ1v) is 7.10. The van der Waals surface area contributed by atoms with Gasteiger partial charge in [0.15, 0.2) is 0 Å². The van der Waals surface area contributed by atoms with Gasteiger partial charge in [-0.1, -0.05) is 18.2 Å². The molecule has 1 aromatic heterocycles. The molecule has 0 radical (unpaired) electrons. The standard InChI is InChI=1S/C18H15NO4/c1-12(20)22-11-17-16-9-14(23-13-5-3-2-4-6-13)7-8-15(16)18(21)10-19-17/h2-10,21H,11H2,1H3. The third kappa shape index (κ3) is 3.40. The van der Waals surface area contributed by atoms with Crippen LogP contribution in [0.25, 0.3) is 10.8 Å². The summed E-state index contributed by atoms with van der Waals surface area (Å²) >= 11 is 0. The molecular weight excluding hydrogens is 294 g/mol. The predicted molar refractivity (Wildman–Crippen MR) is 85.4 cm³/mol. The number of rotatable bonds is 4. The highest BCUT2D eigenvalue weighted by Crippen LogP contribution is 2.31. The summed E-state index contributed by atoms with van der Waals surface area (Å²) in [5, 5.41) is 11.3. The first-order chi connectivity index (χ1) is 11.1. The van der Waals surface area contributed by atoms with E-state index in [-0.39, 0.29) is 18.3 Å². The molecule has 0 saturated heterocycles. The number of fused-ring (bicyclic) bond motifs is 1. The summed E-state index contributed by atoms with van der Waals surface area (Å²) in [5.41, 5.74) is 0.562. The molecule has 1 N–H and O–H groups in total. The van der Waals surface area contributed by atoms with Crippen LogP contribution in [0.3, 0.4) is 0 Å². The summed E-state index contributed by atoms with van der Waals surface area (Å²) < 4.78 is 10.8. The SMILES string of the molecule is CC(=O)OCc1ncc(O)c2ccc(Oc3ccccc3)cc12. The first kappa shape index (κ1) is 14.8. The lowest BCUT2D eigenvalue weighted by molar-refractivity contribution is -0.142. The molecule has 5 nitrogen and oxygen atoms in total. The number of para-hydroxylation sites is 1.